The Balaban J connectivity index is 2.28. The third-order valence-electron chi connectivity index (χ3n) is 3.52. The van der Waals surface area contributed by atoms with Gasteiger partial charge in [0.25, 0.3) is 0 Å². The van der Waals surface area contributed by atoms with Gasteiger partial charge in [0.15, 0.2) is 5.92 Å². The zero-order valence-corrected chi connectivity index (χ0v) is 14.8. The Kier molecular flexibility index (Phi) is 6.22. The van der Waals surface area contributed by atoms with E-state index in [1.807, 2.05) is 0 Å². The second-order valence-corrected chi connectivity index (χ2v) is 6.25. The lowest BCUT2D eigenvalue weighted by atomic mass is 9.99. The number of carboxylic acid groups (broad SMARTS) is 2. The van der Waals surface area contributed by atoms with E-state index in [0.29, 0.717) is 6.07 Å². The molecule has 5 nitrogen and oxygen atoms in total. The van der Waals surface area contributed by atoms with Crippen molar-refractivity contribution in [2.75, 3.05) is 0 Å². The van der Waals surface area contributed by atoms with Crippen LogP contribution < -0.4 is 4.74 Å². The quantitative estimate of drug-likeness (QED) is 0.630. The largest absolute Gasteiger partial charge is 0.481 e. The number of halogens is 5. The summed E-state index contributed by atoms with van der Waals surface area (Å²) in [6.45, 7) is 0. The molecule has 2 rings (SSSR count). The summed E-state index contributed by atoms with van der Waals surface area (Å²) in [5.74, 6) is -4.74. The monoisotopic (exact) mass is 422 g/mol. The molecule has 0 saturated carbocycles. The molecule has 0 amide bonds. The van der Waals surface area contributed by atoms with Crippen molar-refractivity contribution in [3.63, 3.8) is 0 Å². The van der Waals surface area contributed by atoms with E-state index in [0.717, 1.165) is 12.1 Å². The van der Waals surface area contributed by atoms with E-state index in [1.54, 1.807) is 0 Å². The second-order valence-electron chi connectivity index (χ2n) is 5.43. The maximum absolute atomic E-state index is 12.7. The molecule has 0 saturated heterocycles. The molecule has 0 radical (unpaired) electrons. The Morgan fingerprint density at radius 1 is 1.00 bits per heavy atom. The highest BCUT2D eigenvalue weighted by Crippen LogP contribution is 2.37. The van der Waals surface area contributed by atoms with E-state index in [1.165, 1.54) is 18.2 Å². The molecule has 0 heterocycles. The van der Waals surface area contributed by atoms with E-state index < -0.39 is 36.0 Å². The van der Waals surface area contributed by atoms with Crippen LogP contribution in [0.4, 0.5) is 13.2 Å². The Bertz CT molecular complexity index is 869. The summed E-state index contributed by atoms with van der Waals surface area (Å²) in [4.78, 5) is 22.1. The van der Waals surface area contributed by atoms with Gasteiger partial charge in [-0.05, 0) is 48.4 Å². The van der Waals surface area contributed by atoms with Crippen LogP contribution in [0, 0.1) is 5.92 Å². The highest BCUT2D eigenvalue weighted by atomic mass is 35.5. The molecule has 0 aliphatic rings. The van der Waals surface area contributed by atoms with Crippen molar-refractivity contribution in [3.05, 3.63) is 57.6 Å². The van der Waals surface area contributed by atoms with Crippen LogP contribution in [0.5, 0.6) is 11.5 Å². The van der Waals surface area contributed by atoms with Gasteiger partial charge in [0, 0.05) is 5.02 Å². The molecule has 0 spiro atoms. The number of ether oxygens (including phenoxy) is 1. The van der Waals surface area contributed by atoms with Gasteiger partial charge in [0.05, 0.1) is 10.6 Å². The maximum atomic E-state index is 12.7. The Labute approximate surface area is 160 Å². The van der Waals surface area contributed by atoms with Gasteiger partial charge in [-0.2, -0.15) is 13.2 Å². The van der Waals surface area contributed by atoms with Gasteiger partial charge < -0.3 is 14.9 Å². The van der Waals surface area contributed by atoms with Crippen LogP contribution >= 0.6 is 23.2 Å². The summed E-state index contributed by atoms with van der Waals surface area (Å²) in [5, 5.41) is 17.8. The first-order valence-corrected chi connectivity index (χ1v) is 8.03. The van der Waals surface area contributed by atoms with Crippen LogP contribution in [0.15, 0.2) is 36.4 Å². The fourth-order valence-electron chi connectivity index (χ4n) is 2.16. The third kappa shape index (κ3) is 5.27. The lowest BCUT2D eigenvalue weighted by Crippen LogP contribution is -2.25. The Morgan fingerprint density at radius 3 is 2.15 bits per heavy atom. The second kappa shape index (κ2) is 8.06. The molecular weight excluding hydrogens is 412 g/mol. The molecule has 0 aliphatic heterocycles. The molecule has 10 heteroatoms. The minimum absolute atomic E-state index is 0.0639. The number of alkyl halides is 3. The van der Waals surface area contributed by atoms with Gasteiger partial charge in [0.1, 0.15) is 11.5 Å². The number of benzene rings is 2. The Hall–Kier alpha value is -2.45. The zero-order chi connectivity index (χ0) is 20.4. The van der Waals surface area contributed by atoms with Crippen molar-refractivity contribution in [2.24, 2.45) is 5.92 Å². The van der Waals surface area contributed by atoms with Crippen LogP contribution in [-0.2, 0) is 22.2 Å². The molecule has 27 heavy (non-hydrogen) atoms. The normalized spacial score (nSPS) is 11.5. The topological polar surface area (TPSA) is 83.8 Å². The molecular formula is C17H11Cl2F3O5. The summed E-state index contributed by atoms with van der Waals surface area (Å²) in [7, 11) is 0. The van der Waals surface area contributed by atoms with Gasteiger partial charge in [-0.1, -0.05) is 23.2 Å². The summed E-state index contributed by atoms with van der Waals surface area (Å²) < 4.78 is 43.4. The van der Waals surface area contributed by atoms with Crippen LogP contribution in [0.2, 0.25) is 10.0 Å². The van der Waals surface area contributed by atoms with Crippen molar-refractivity contribution in [1.82, 2.24) is 0 Å². The third-order valence-corrected chi connectivity index (χ3v) is 4.19. The van der Waals surface area contributed by atoms with E-state index in [2.05, 4.69) is 0 Å². The highest BCUT2D eigenvalue weighted by molar-refractivity contribution is 6.32. The number of aliphatic carboxylic acids is 2. The SMILES string of the molecule is O=C(O)C(Cc1cc(Oc2ccc(C(F)(F)F)cc2Cl)ccc1Cl)C(=O)O. The van der Waals surface area contributed by atoms with Crippen molar-refractivity contribution in [1.29, 1.82) is 0 Å². The maximum Gasteiger partial charge on any atom is 0.416 e. The Morgan fingerprint density at radius 2 is 1.63 bits per heavy atom. The minimum Gasteiger partial charge on any atom is -0.481 e. The first kappa shape index (κ1) is 20.9. The van der Waals surface area contributed by atoms with E-state index in [9.17, 15) is 22.8 Å². The summed E-state index contributed by atoms with van der Waals surface area (Å²) in [5.41, 5.74) is -0.755. The molecule has 0 atom stereocenters. The first-order chi connectivity index (χ1) is 12.5. The van der Waals surface area contributed by atoms with Gasteiger partial charge in [0.2, 0.25) is 0 Å². The van der Waals surface area contributed by atoms with Crippen LogP contribution in [-0.4, -0.2) is 22.2 Å². The lowest BCUT2D eigenvalue weighted by Gasteiger charge is -2.13. The predicted octanol–water partition coefficient (Wildman–Crippen LogP) is 5.13. The van der Waals surface area contributed by atoms with Gasteiger partial charge in [-0.3, -0.25) is 9.59 Å². The summed E-state index contributed by atoms with van der Waals surface area (Å²) in [6.07, 6.45) is -4.96. The number of hydrogen-bond acceptors (Lipinski definition) is 3. The standard InChI is InChI=1S/C17H11Cl2F3O5/c18-12-3-2-10(5-8(12)6-11(15(23)24)16(25)26)27-14-4-1-9(7-13(14)19)17(20,21)22/h1-5,7,11H,6H2,(H,23,24)(H,25,26). The zero-order valence-electron chi connectivity index (χ0n) is 13.3. The van der Waals surface area contributed by atoms with Crippen molar-refractivity contribution < 1.29 is 37.7 Å². The molecule has 0 aliphatic carbocycles. The minimum atomic E-state index is -4.56. The smallest absolute Gasteiger partial charge is 0.416 e. The van der Waals surface area contributed by atoms with Gasteiger partial charge >= 0.3 is 18.1 Å². The molecule has 0 unspecified atom stereocenters. The molecule has 0 bridgehead atoms. The van der Waals surface area contributed by atoms with E-state index in [-0.39, 0.29) is 27.1 Å². The molecule has 2 aromatic rings. The van der Waals surface area contributed by atoms with E-state index in [4.69, 9.17) is 38.2 Å². The van der Waals surface area contributed by atoms with Crippen LogP contribution in [0.1, 0.15) is 11.1 Å². The molecule has 2 N–H and O–H groups in total. The van der Waals surface area contributed by atoms with Crippen LogP contribution in [0.3, 0.4) is 0 Å². The van der Waals surface area contributed by atoms with Crippen molar-refractivity contribution in [2.45, 2.75) is 12.6 Å². The fraction of sp³-hybridized carbons (Fsp3) is 0.176. The molecule has 2 aromatic carbocycles. The van der Waals surface area contributed by atoms with Crippen LogP contribution in [0.25, 0.3) is 0 Å². The predicted molar refractivity (Wildman–Crippen MR) is 90.4 cm³/mol. The molecule has 0 fully saturated rings. The highest BCUT2D eigenvalue weighted by Gasteiger charge is 2.31. The summed E-state index contributed by atoms with van der Waals surface area (Å²) in [6, 6.07) is 6.58. The first-order valence-electron chi connectivity index (χ1n) is 7.27. The lowest BCUT2D eigenvalue weighted by molar-refractivity contribution is -0.154. The van der Waals surface area contributed by atoms with Crippen molar-refractivity contribution in [3.8, 4) is 11.5 Å². The van der Waals surface area contributed by atoms with E-state index >= 15 is 0 Å². The number of carbonyl (C=O) groups is 2. The molecule has 0 aromatic heterocycles. The van der Waals surface area contributed by atoms with Crippen molar-refractivity contribution >= 4 is 35.1 Å². The average molecular weight is 423 g/mol. The average Bonchev–Trinajstić information content (AvgIpc) is 2.55. The fourth-order valence-corrected chi connectivity index (χ4v) is 2.57. The number of carboxylic acids is 2. The number of hydrogen-bond donors (Lipinski definition) is 2. The summed E-state index contributed by atoms with van der Waals surface area (Å²) >= 11 is 11.8. The molecule has 144 valence electrons. The number of rotatable bonds is 6. The van der Waals surface area contributed by atoms with Gasteiger partial charge in [-0.25, -0.2) is 0 Å². The van der Waals surface area contributed by atoms with Gasteiger partial charge in [-0.15, -0.1) is 0 Å².